The van der Waals surface area contributed by atoms with Gasteiger partial charge in [-0.15, -0.1) is 0 Å². The Morgan fingerprint density at radius 2 is 2.04 bits per heavy atom. The summed E-state index contributed by atoms with van der Waals surface area (Å²) in [5.74, 6) is -0.294. The van der Waals surface area contributed by atoms with Crippen molar-refractivity contribution >= 4 is 17.5 Å². The Kier molecular flexibility index (Phi) is 6.45. The highest BCUT2D eigenvalue weighted by atomic mass is 16.2. The number of aromatic nitrogens is 1. The van der Waals surface area contributed by atoms with Crippen LogP contribution in [-0.2, 0) is 6.42 Å². The van der Waals surface area contributed by atoms with Crippen molar-refractivity contribution < 1.29 is 9.59 Å². The first-order valence-corrected chi connectivity index (χ1v) is 10.2. The molecule has 3 rings (SSSR count). The predicted octanol–water partition coefficient (Wildman–Crippen LogP) is 4.61. The summed E-state index contributed by atoms with van der Waals surface area (Å²) in [5, 5.41) is 3.02. The zero-order valence-corrected chi connectivity index (χ0v) is 17.0. The van der Waals surface area contributed by atoms with Crippen LogP contribution in [0.15, 0.2) is 36.5 Å². The molecule has 0 saturated carbocycles. The minimum Gasteiger partial charge on any atom is -0.334 e. The average molecular weight is 380 g/mol. The molecule has 1 atom stereocenters. The highest BCUT2D eigenvalue weighted by Gasteiger charge is 2.27. The number of carbonyl (C=O) groups is 2. The number of aryl methyl sites for hydroxylation is 2. The fourth-order valence-electron chi connectivity index (χ4n) is 3.92. The number of likely N-dealkylation sites (tertiary alicyclic amines) is 1. The highest BCUT2D eigenvalue weighted by Crippen LogP contribution is 2.23. The molecule has 1 fully saturated rings. The van der Waals surface area contributed by atoms with Crippen LogP contribution in [-0.4, -0.2) is 34.3 Å². The Morgan fingerprint density at radius 1 is 1.21 bits per heavy atom. The Hall–Kier alpha value is -2.69. The van der Waals surface area contributed by atoms with Crippen LogP contribution >= 0.6 is 0 Å². The molecule has 1 aliphatic heterocycles. The van der Waals surface area contributed by atoms with Gasteiger partial charge in [0.2, 0.25) is 0 Å². The van der Waals surface area contributed by atoms with Crippen LogP contribution < -0.4 is 5.32 Å². The summed E-state index contributed by atoms with van der Waals surface area (Å²) in [6.07, 6.45) is 6.55. The number of piperidine rings is 1. The Balaban J connectivity index is 1.81. The average Bonchev–Trinajstić information content (AvgIpc) is 2.74. The molecular formula is C23H29N3O2. The fraction of sp³-hybridized carbons (Fsp3) is 0.435. The minimum atomic E-state index is -0.217. The lowest BCUT2D eigenvalue weighted by Crippen LogP contribution is -2.43. The van der Waals surface area contributed by atoms with Gasteiger partial charge in [0.15, 0.2) is 0 Å². The van der Waals surface area contributed by atoms with E-state index in [2.05, 4.69) is 24.1 Å². The van der Waals surface area contributed by atoms with E-state index in [9.17, 15) is 9.59 Å². The van der Waals surface area contributed by atoms with E-state index in [1.165, 1.54) is 0 Å². The van der Waals surface area contributed by atoms with Crippen LogP contribution in [0.5, 0.6) is 0 Å². The van der Waals surface area contributed by atoms with Gasteiger partial charge >= 0.3 is 0 Å². The monoisotopic (exact) mass is 379 g/mol. The Labute approximate surface area is 167 Å². The van der Waals surface area contributed by atoms with E-state index in [-0.39, 0.29) is 17.9 Å². The Morgan fingerprint density at radius 3 is 2.79 bits per heavy atom. The van der Waals surface area contributed by atoms with Crippen molar-refractivity contribution in [2.24, 2.45) is 0 Å². The number of carbonyl (C=O) groups excluding carboxylic acids is 2. The van der Waals surface area contributed by atoms with Crippen molar-refractivity contribution in [3.8, 4) is 0 Å². The van der Waals surface area contributed by atoms with Gasteiger partial charge in [0, 0.05) is 30.0 Å². The van der Waals surface area contributed by atoms with Crippen molar-refractivity contribution in [2.75, 3.05) is 11.9 Å². The summed E-state index contributed by atoms with van der Waals surface area (Å²) in [5.41, 5.74) is 3.76. The third-order valence-corrected chi connectivity index (χ3v) is 5.58. The number of hydrogen-bond donors (Lipinski definition) is 1. The normalized spacial score (nSPS) is 16.7. The first-order valence-electron chi connectivity index (χ1n) is 10.2. The number of hydrogen-bond acceptors (Lipinski definition) is 3. The number of nitrogens with one attached hydrogen (secondary N) is 1. The molecule has 2 aromatic rings. The lowest BCUT2D eigenvalue weighted by Gasteiger charge is -2.35. The van der Waals surface area contributed by atoms with E-state index < -0.39 is 0 Å². The molecule has 1 unspecified atom stereocenters. The molecule has 1 aliphatic rings. The third kappa shape index (κ3) is 4.24. The largest absolute Gasteiger partial charge is 0.334 e. The van der Waals surface area contributed by atoms with Gasteiger partial charge in [-0.25, -0.2) is 0 Å². The molecule has 1 N–H and O–H groups in total. The van der Waals surface area contributed by atoms with Gasteiger partial charge in [-0.3, -0.25) is 14.6 Å². The van der Waals surface area contributed by atoms with Crippen LogP contribution in [0.2, 0.25) is 0 Å². The highest BCUT2D eigenvalue weighted by molar-refractivity contribution is 6.06. The van der Waals surface area contributed by atoms with E-state index in [4.69, 9.17) is 0 Å². The molecule has 1 aromatic heterocycles. The second kappa shape index (κ2) is 9.00. The van der Waals surface area contributed by atoms with Crippen LogP contribution in [0, 0.1) is 6.92 Å². The molecule has 2 amide bonds. The molecule has 5 heteroatoms. The molecule has 0 bridgehead atoms. The molecule has 0 aliphatic carbocycles. The molecule has 28 heavy (non-hydrogen) atoms. The maximum Gasteiger partial charge on any atom is 0.272 e. The van der Waals surface area contributed by atoms with Crippen molar-refractivity contribution in [1.82, 2.24) is 9.88 Å². The summed E-state index contributed by atoms with van der Waals surface area (Å²) in [4.78, 5) is 32.0. The lowest BCUT2D eigenvalue weighted by atomic mass is 9.99. The van der Waals surface area contributed by atoms with Gasteiger partial charge in [0.25, 0.3) is 11.8 Å². The lowest BCUT2D eigenvalue weighted by molar-refractivity contribution is 0.0602. The van der Waals surface area contributed by atoms with Gasteiger partial charge < -0.3 is 10.2 Å². The van der Waals surface area contributed by atoms with Gasteiger partial charge in [0.05, 0.1) is 0 Å². The summed E-state index contributed by atoms with van der Waals surface area (Å²) in [6, 6.07) is 9.53. The number of nitrogens with zero attached hydrogens (tertiary/aromatic N) is 2. The maximum absolute atomic E-state index is 13.0. The number of pyridine rings is 1. The van der Waals surface area contributed by atoms with Crippen molar-refractivity contribution in [1.29, 1.82) is 0 Å². The quantitative estimate of drug-likeness (QED) is 0.825. The standard InChI is InChI=1S/C23H29N3O2/c1-4-17-10-8-9-16(3)21(17)25-22(27)18-12-13-24-20(15-18)23(28)26-14-7-6-11-19(26)5-2/h8-10,12-13,15,19H,4-7,11,14H2,1-3H3,(H,25,27). The van der Waals surface area contributed by atoms with E-state index in [1.54, 1.807) is 18.3 Å². The second-order valence-corrected chi connectivity index (χ2v) is 7.40. The third-order valence-electron chi connectivity index (χ3n) is 5.58. The Bertz CT molecular complexity index is 863. The van der Waals surface area contributed by atoms with Gasteiger partial charge in [-0.1, -0.05) is 32.0 Å². The number of amides is 2. The summed E-state index contributed by atoms with van der Waals surface area (Å²) >= 11 is 0. The second-order valence-electron chi connectivity index (χ2n) is 7.40. The van der Waals surface area contributed by atoms with Crippen LogP contribution in [0.4, 0.5) is 5.69 Å². The molecule has 148 valence electrons. The zero-order valence-electron chi connectivity index (χ0n) is 17.0. The van der Waals surface area contributed by atoms with Crippen LogP contribution in [0.1, 0.15) is 71.5 Å². The number of para-hydroxylation sites is 1. The SMILES string of the molecule is CCc1cccc(C)c1NC(=O)c1ccnc(C(=O)N2CCCCC2CC)c1. The summed E-state index contributed by atoms with van der Waals surface area (Å²) < 4.78 is 0. The minimum absolute atomic E-state index is 0.0775. The molecular weight excluding hydrogens is 350 g/mol. The maximum atomic E-state index is 13.0. The smallest absolute Gasteiger partial charge is 0.272 e. The first kappa shape index (κ1) is 20.1. The number of rotatable bonds is 5. The van der Waals surface area contributed by atoms with Crippen molar-refractivity contribution in [2.45, 2.75) is 58.9 Å². The van der Waals surface area contributed by atoms with Crippen LogP contribution in [0.25, 0.3) is 0 Å². The molecule has 2 heterocycles. The number of benzene rings is 1. The van der Waals surface area contributed by atoms with Crippen molar-refractivity contribution in [3.63, 3.8) is 0 Å². The molecule has 5 nitrogen and oxygen atoms in total. The van der Waals surface area contributed by atoms with E-state index >= 15 is 0 Å². The van der Waals surface area contributed by atoms with Gasteiger partial charge in [-0.05, 0) is 62.3 Å². The van der Waals surface area contributed by atoms with Crippen molar-refractivity contribution in [3.05, 3.63) is 58.9 Å². The predicted molar refractivity (Wildman–Crippen MR) is 112 cm³/mol. The van der Waals surface area contributed by atoms with E-state index in [0.717, 1.165) is 55.5 Å². The molecule has 0 spiro atoms. The molecule has 0 radical (unpaired) electrons. The van der Waals surface area contributed by atoms with Crippen LogP contribution in [0.3, 0.4) is 0 Å². The fourth-order valence-corrected chi connectivity index (χ4v) is 3.92. The van der Waals surface area contributed by atoms with E-state index in [0.29, 0.717) is 11.3 Å². The molecule has 1 saturated heterocycles. The summed E-state index contributed by atoms with van der Waals surface area (Å²) in [7, 11) is 0. The molecule has 1 aromatic carbocycles. The topological polar surface area (TPSA) is 62.3 Å². The summed E-state index contributed by atoms with van der Waals surface area (Å²) in [6.45, 7) is 6.92. The van der Waals surface area contributed by atoms with E-state index in [1.807, 2.05) is 30.0 Å². The number of anilines is 1. The van der Waals surface area contributed by atoms with Gasteiger partial charge in [0.1, 0.15) is 5.69 Å². The first-order chi connectivity index (χ1) is 13.5. The zero-order chi connectivity index (χ0) is 20.1. The van der Waals surface area contributed by atoms with Gasteiger partial charge in [-0.2, -0.15) is 0 Å².